The number of halogens is 1. The molecule has 124 valence electrons. The second-order valence-electron chi connectivity index (χ2n) is 4.70. The number of ether oxygens (including phenoxy) is 1. The Hall–Kier alpha value is -2.86. The summed E-state index contributed by atoms with van der Waals surface area (Å²) in [7, 11) is 1.36. The number of hydrogen-bond donors (Lipinski definition) is 2. The highest BCUT2D eigenvalue weighted by atomic mass is 35.5. The van der Waals surface area contributed by atoms with Crippen LogP contribution in [0.3, 0.4) is 0 Å². The minimum atomic E-state index is -0.844. The summed E-state index contributed by atoms with van der Waals surface area (Å²) in [5.74, 6) is -1.03. The third kappa shape index (κ3) is 4.82. The van der Waals surface area contributed by atoms with Gasteiger partial charge in [0.25, 0.3) is 0 Å². The van der Waals surface area contributed by atoms with E-state index in [-0.39, 0.29) is 0 Å². The van der Waals surface area contributed by atoms with Crippen LogP contribution in [0, 0.1) is 0 Å². The first-order valence-electron chi connectivity index (χ1n) is 7.12. The Morgan fingerprint density at radius 2 is 1.83 bits per heavy atom. The van der Waals surface area contributed by atoms with Crippen LogP contribution < -0.4 is 15.5 Å². The first kappa shape index (κ1) is 17.5. The lowest BCUT2D eigenvalue weighted by molar-refractivity contribution is -0.138. The number of carbonyl (C=O) groups is 2. The molecule has 2 aromatic rings. The fourth-order valence-corrected chi connectivity index (χ4v) is 2.00. The SMILES string of the molecule is CNC(=O)C(=O)N/N=C/c1ccccc1OCc1ccccc1Cl. The molecule has 0 heterocycles. The summed E-state index contributed by atoms with van der Waals surface area (Å²) in [4.78, 5) is 22.4. The monoisotopic (exact) mass is 345 g/mol. The van der Waals surface area contributed by atoms with Crippen molar-refractivity contribution < 1.29 is 14.3 Å². The number of nitrogens with one attached hydrogen (secondary N) is 2. The summed E-state index contributed by atoms with van der Waals surface area (Å²) in [5, 5.41) is 6.59. The van der Waals surface area contributed by atoms with Crippen LogP contribution in [0.2, 0.25) is 5.02 Å². The molecule has 7 heteroatoms. The van der Waals surface area contributed by atoms with Crippen LogP contribution in [-0.4, -0.2) is 25.1 Å². The number of hydrogen-bond acceptors (Lipinski definition) is 4. The smallest absolute Gasteiger partial charge is 0.329 e. The highest BCUT2D eigenvalue weighted by Crippen LogP contribution is 2.20. The van der Waals surface area contributed by atoms with Gasteiger partial charge in [0.05, 0.1) is 6.21 Å². The number of para-hydroxylation sites is 1. The van der Waals surface area contributed by atoms with Crippen LogP contribution in [0.25, 0.3) is 0 Å². The van der Waals surface area contributed by atoms with E-state index in [1.807, 2.05) is 30.3 Å². The second kappa shape index (κ2) is 8.69. The van der Waals surface area contributed by atoms with E-state index in [2.05, 4.69) is 15.8 Å². The third-order valence-corrected chi connectivity index (χ3v) is 3.43. The molecular formula is C17H16ClN3O3. The maximum atomic E-state index is 11.3. The zero-order valence-corrected chi connectivity index (χ0v) is 13.7. The van der Waals surface area contributed by atoms with E-state index in [0.29, 0.717) is 22.9 Å². The molecule has 2 amide bonds. The number of rotatable bonds is 5. The molecule has 0 fully saturated rings. The van der Waals surface area contributed by atoms with E-state index in [1.54, 1.807) is 18.2 Å². The van der Waals surface area contributed by atoms with Gasteiger partial charge in [0.2, 0.25) is 0 Å². The molecule has 0 bridgehead atoms. The average Bonchev–Trinajstić information content (AvgIpc) is 2.61. The van der Waals surface area contributed by atoms with Gasteiger partial charge in [-0.2, -0.15) is 5.10 Å². The Morgan fingerprint density at radius 1 is 1.12 bits per heavy atom. The lowest BCUT2D eigenvalue weighted by Crippen LogP contribution is -2.35. The Balaban J connectivity index is 2.03. The Labute approximate surface area is 144 Å². The first-order chi connectivity index (χ1) is 11.6. The minimum absolute atomic E-state index is 0.301. The molecule has 2 rings (SSSR count). The molecule has 2 N–H and O–H groups in total. The van der Waals surface area contributed by atoms with Crippen LogP contribution in [0.5, 0.6) is 5.75 Å². The maximum absolute atomic E-state index is 11.3. The standard InChI is InChI=1S/C17H16ClN3O3/c1-19-16(22)17(23)21-20-10-12-6-3-5-9-15(12)24-11-13-7-2-4-8-14(13)18/h2-10H,11H2,1H3,(H,19,22)(H,21,23)/b20-10+. The number of nitrogens with zero attached hydrogens (tertiary/aromatic N) is 1. The quantitative estimate of drug-likeness (QED) is 0.495. The van der Waals surface area contributed by atoms with Crippen molar-refractivity contribution in [2.24, 2.45) is 5.10 Å². The van der Waals surface area contributed by atoms with E-state index >= 15 is 0 Å². The van der Waals surface area contributed by atoms with Crippen molar-refractivity contribution in [2.75, 3.05) is 7.05 Å². The van der Waals surface area contributed by atoms with Crippen LogP contribution in [0.4, 0.5) is 0 Å². The van der Waals surface area contributed by atoms with Gasteiger partial charge in [-0.05, 0) is 18.2 Å². The van der Waals surface area contributed by atoms with Crippen LogP contribution in [0.1, 0.15) is 11.1 Å². The number of amides is 2. The van der Waals surface area contributed by atoms with Crippen LogP contribution in [0.15, 0.2) is 53.6 Å². The van der Waals surface area contributed by atoms with E-state index in [0.717, 1.165) is 5.56 Å². The number of likely N-dealkylation sites (N-methyl/N-ethyl adjacent to an activating group) is 1. The highest BCUT2D eigenvalue weighted by Gasteiger charge is 2.09. The van der Waals surface area contributed by atoms with Crippen molar-refractivity contribution in [1.82, 2.24) is 10.7 Å². The van der Waals surface area contributed by atoms with Gasteiger partial charge in [-0.25, -0.2) is 5.43 Å². The summed E-state index contributed by atoms with van der Waals surface area (Å²) in [5.41, 5.74) is 3.65. The first-order valence-corrected chi connectivity index (χ1v) is 7.50. The normalized spacial score (nSPS) is 10.4. The molecule has 24 heavy (non-hydrogen) atoms. The van der Waals surface area contributed by atoms with Gasteiger partial charge in [0.1, 0.15) is 12.4 Å². The summed E-state index contributed by atoms with van der Waals surface area (Å²) >= 11 is 6.10. The summed E-state index contributed by atoms with van der Waals surface area (Å²) in [6.45, 7) is 0.301. The topological polar surface area (TPSA) is 79.8 Å². The molecule has 0 spiro atoms. The van der Waals surface area contributed by atoms with Gasteiger partial charge in [0.15, 0.2) is 0 Å². The fraction of sp³-hybridized carbons (Fsp3) is 0.118. The molecular weight excluding hydrogens is 330 g/mol. The zero-order chi connectivity index (χ0) is 17.4. The van der Waals surface area contributed by atoms with Gasteiger partial charge < -0.3 is 10.1 Å². The molecule has 0 aromatic heterocycles. The predicted octanol–water partition coefficient (Wildman–Crippen LogP) is 2.12. The number of carbonyl (C=O) groups excluding carboxylic acids is 2. The van der Waals surface area contributed by atoms with E-state index < -0.39 is 11.8 Å². The van der Waals surface area contributed by atoms with Crippen molar-refractivity contribution >= 4 is 29.6 Å². The molecule has 0 aliphatic carbocycles. The van der Waals surface area contributed by atoms with Crippen molar-refractivity contribution in [3.8, 4) is 5.75 Å². The molecule has 0 aliphatic heterocycles. The molecule has 0 saturated heterocycles. The zero-order valence-electron chi connectivity index (χ0n) is 13.0. The Bertz CT molecular complexity index is 762. The number of benzene rings is 2. The van der Waals surface area contributed by atoms with Crippen molar-refractivity contribution in [3.63, 3.8) is 0 Å². The van der Waals surface area contributed by atoms with Crippen LogP contribution >= 0.6 is 11.6 Å². The lowest BCUT2D eigenvalue weighted by atomic mass is 10.2. The minimum Gasteiger partial charge on any atom is -0.488 e. The molecule has 0 saturated carbocycles. The van der Waals surface area contributed by atoms with Crippen molar-refractivity contribution in [1.29, 1.82) is 0 Å². The van der Waals surface area contributed by atoms with Gasteiger partial charge >= 0.3 is 11.8 Å². The molecule has 0 unspecified atom stereocenters. The van der Waals surface area contributed by atoms with E-state index in [1.165, 1.54) is 13.3 Å². The van der Waals surface area contributed by atoms with Gasteiger partial charge in [0, 0.05) is 23.2 Å². The fourth-order valence-electron chi connectivity index (χ4n) is 1.81. The van der Waals surface area contributed by atoms with Crippen molar-refractivity contribution in [3.05, 3.63) is 64.7 Å². The highest BCUT2D eigenvalue weighted by molar-refractivity contribution is 6.35. The molecule has 0 aliphatic rings. The maximum Gasteiger partial charge on any atom is 0.329 e. The largest absolute Gasteiger partial charge is 0.488 e. The Morgan fingerprint density at radius 3 is 2.58 bits per heavy atom. The van der Waals surface area contributed by atoms with Gasteiger partial charge in [-0.3, -0.25) is 9.59 Å². The van der Waals surface area contributed by atoms with Crippen molar-refractivity contribution in [2.45, 2.75) is 6.61 Å². The van der Waals surface area contributed by atoms with Crippen LogP contribution in [-0.2, 0) is 16.2 Å². The van der Waals surface area contributed by atoms with Gasteiger partial charge in [-0.15, -0.1) is 0 Å². The lowest BCUT2D eigenvalue weighted by Gasteiger charge is -2.10. The number of hydrazone groups is 1. The summed E-state index contributed by atoms with van der Waals surface area (Å²) in [6.07, 6.45) is 1.41. The molecule has 0 atom stereocenters. The predicted molar refractivity (Wildman–Crippen MR) is 92.0 cm³/mol. The summed E-state index contributed by atoms with van der Waals surface area (Å²) in [6, 6.07) is 14.6. The second-order valence-corrected chi connectivity index (χ2v) is 5.10. The van der Waals surface area contributed by atoms with Gasteiger partial charge in [-0.1, -0.05) is 41.9 Å². The molecule has 0 radical (unpaired) electrons. The molecule has 6 nitrogen and oxygen atoms in total. The van der Waals surface area contributed by atoms with E-state index in [4.69, 9.17) is 16.3 Å². The third-order valence-electron chi connectivity index (χ3n) is 3.06. The summed E-state index contributed by atoms with van der Waals surface area (Å²) < 4.78 is 5.76. The molecule has 2 aromatic carbocycles. The average molecular weight is 346 g/mol. The Kier molecular flexibility index (Phi) is 6.33. The van der Waals surface area contributed by atoms with E-state index in [9.17, 15) is 9.59 Å².